The number of thiophene rings is 1. The van der Waals surface area contributed by atoms with E-state index >= 15 is 0 Å². The van der Waals surface area contributed by atoms with Crippen molar-refractivity contribution >= 4 is 40.3 Å². The molecule has 6 heteroatoms. The highest BCUT2D eigenvalue weighted by molar-refractivity contribution is 7.20. The Bertz CT molecular complexity index is 562. The topological polar surface area (TPSA) is 34.9 Å². The zero-order chi connectivity index (χ0) is 13.1. The first kappa shape index (κ1) is 13.6. The van der Waals surface area contributed by atoms with Gasteiger partial charge < -0.3 is 4.57 Å². The number of carbonyl (C=O) groups is 1. The van der Waals surface area contributed by atoms with E-state index in [1.54, 1.807) is 12.3 Å². The van der Waals surface area contributed by atoms with Crippen LogP contribution in [0.5, 0.6) is 0 Å². The molecular formula is C12H12Cl2N2OS. The highest BCUT2D eigenvalue weighted by Crippen LogP contribution is 2.31. The third-order valence-corrected chi connectivity index (χ3v) is 4.03. The van der Waals surface area contributed by atoms with Crippen molar-refractivity contribution < 1.29 is 4.79 Å². The Labute approximate surface area is 119 Å². The molecule has 3 nitrogen and oxygen atoms in total. The SMILES string of the molecule is CCCn1ccnc1CC(=O)c1cc(Cl)sc1Cl. The van der Waals surface area contributed by atoms with Crippen LogP contribution in [0.2, 0.25) is 8.67 Å². The van der Waals surface area contributed by atoms with Gasteiger partial charge in [-0.15, -0.1) is 11.3 Å². The van der Waals surface area contributed by atoms with E-state index in [0.29, 0.717) is 14.2 Å². The minimum atomic E-state index is -0.0493. The summed E-state index contributed by atoms with van der Waals surface area (Å²) in [6, 6.07) is 1.62. The molecular weight excluding hydrogens is 291 g/mol. The Hall–Kier alpha value is -0.840. The molecule has 2 rings (SSSR count). The van der Waals surface area contributed by atoms with Gasteiger partial charge in [0.05, 0.1) is 10.8 Å². The molecule has 0 aliphatic heterocycles. The number of ketones is 1. The lowest BCUT2D eigenvalue weighted by atomic mass is 10.1. The summed E-state index contributed by atoms with van der Waals surface area (Å²) in [4.78, 5) is 16.3. The van der Waals surface area contributed by atoms with Gasteiger partial charge in [0.1, 0.15) is 10.2 Å². The first-order chi connectivity index (χ1) is 8.61. The fourth-order valence-corrected chi connectivity index (χ4v) is 3.22. The van der Waals surface area contributed by atoms with Crippen molar-refractivity contribution in [3.63, 3.8) is 0 Å². The summed E-state index contributed by atoms with van der Waals surface area (Å²) >= 11 is 13.0. The summed E-state index contributed by atoms with van der Waals surface area (Å²) in [5.41, 5.74) is 0.484. The van der Waals surface area contributed by atoms with Gasteiger partial charge >= 0.3 is 0 Å². The average molecular weight is 303 g/mol. The van der Waals surface area contributed by atoms with E-state index in [2.05, 4.69) is 11.9 Å². The molecule has 0 aliphatic rings. The third-order valence-electron chi connectivity index (χ3n) is 2.54. The van der Waals surface area contributed by atoms with E-state index in [1.807, 2.05) is 10.8 Å². The van der Waals surface area contributed by atoms with Gasteiger partial charge in [-0.3, -0.25) is 4.79 Å². The second-order valence-electron chi connectivity index (χ2n) is 3.87. The molecule has 18 heavy (non-hydrogen) atoms. The van der Waals surface area contributed by atoms with Gasteiger partial charge in [-0.25, -0.2) is 4.98 Å². The second-order valence-corrected chi connectivity index (χ2v) is 6.16. The summed E-state index contributed by atoms with van der Waals surface area (Å²) in [5, 5.41) is 0. The van der Waals surface area contributed by atoms with Crippen LogP contribution < -0.4 is 0 Å². The average Bonchev–Trinajstić information content (AvgIpc) is 2.87. The van der Waals surface area contributed by atoms with Crippen LogP contribution in [0.25, 0.3) is 0 Å². The lowest BCUT2D eigenvalue weighted by molar-refractivity contribution is 0.0990. The Balaban J connectivity index is 2.16. The van der Waals surface area contributed by atoms with Crippen molar-refractivity contribution in [3.05, 3.63) is 38.5 Å². The standard InChI is InChI=1S/C12H12Cl2N2OS/c1-2-4-16-5-3-15-11(16)7-9(17)8-6-10(13)18-12(8)14/h3,5-6H,2,4,7H2,1H3. The summed E-state index contributed by atoms with van der Waals surface area (Å²) in [5.74, 6) is 0.715. The number of nitrogens with zero attached hydrogens (tertiary/aromatic N) is 2. The highest BCUT2D eigenvalue weighted by Gasteiger charge is 2.16. The lowest BCUT2D eigenvalue weighted by Crippen LogP contribution is -2.09. The van der Waals surface area contributed by atoms with Gasteiger partial charge in [-0.1, -0.05) is 30.1 Å². The monoisotopic (exact) mass is 302 g/mol. The van der Waals surface area contributed by atoms with E-state index in [-0.39, 0.29) is 12.2 Å². The molecule has 0 unspecified atom stereocenters. The molecule has 0 saturated heterocycles. The van der Waals surface area contributed by atoms with Gasteiger partial charge in [-0.05, 0) is 12.5 Å². The van der Waals surface area contributed by atoms with Crippen LogP contribution in [0.4, 0.5) is 0 Å². The van der Waals surface area contributed by atoms with Crippen LogP contribution in [0.3, 0.4) is 0 Å². The molecule has 2 aromatic heterocycles. The van der Waals surface area contributed by atoms with E-state index in [0.717, 1.165) is 18.8 Å². The first-order valence-corrected chi connectivity index (χ1v) is 7.17. The van der Waals surface area contributed by atoms with Crippen molar-refractivity contribution in [3.8, 4) is 0 Å². The van der Waals surface area contributed by atoms with Crippen LogP contribution in [0.15, 0.2) is 18.5 Å². The Morgan fingerprint density at radius 1 is 1.50 bits per heavy atom. The van der Waals surface area contributed by atoms with Crippen molar-refractivity contribution in [2.24, 2.45) is 0 Å². The predicted molar refractivity (Wildman–Crippen MR) is 74.9 cm³/mol. The van der Waals surface area contributed by atoms with Crippen molar-refractivity contribution in [1.82, 2.24) is 9.55 Å². The Morgan fingerprint density at radius 2 is 2.28 bits per heavy atom. The zero-order valence-corrected chi connectivity index (χ0v) is 12.1. The van der Waals surface area contributed by atoms with E-state index in [9.17, 15) is 4.79 Å². The van der Waals surface area contributed by atoms with Gasteiger partial charge in [-0.2, -0.15) is 0 Å². The Kier molecular flexibility index (Phi) is 4.43. The van der Waals surface area contributed by atoms with Crippen LogP contribution in [0, 0.1) is 0 Å². The summed E-state index contributed by atoms with van der Waals surface area (Å²) in [7, 11) is 0. The van der Waals surface area contributed by atoms with Gasteiger partial charge in [0.25, 0.3) is 0 Å². The highest BCUT2D eigenvalue weighted by atomic mass is 35.5. The van der Waals surface area contributed by atoms with Crippen molar-refractivity contribution in [2.45, 2.75) is 26.3 Å². The van der Waals surface area contributed by atoms with Gasteiger partial charge in [0.15, 0.2) is 5.78 Å². The molecule has 0 atom stereocenters. The number of aryl methyl sites for hydroxylation is 1. The zero-order valence-electron chi connectivity index (χ0n) is 9.82. The van der Waals surface area contributed by atoms with Crippen molar-refractivity contribution in [1.29, 1.82) is 0 Å². The van der Waals surface area contributed by atoms with Gasteiger partial charge in [0, 0.05) is 24.5 Å². The number of halogens is 2. The Morgan fingerprint density at radius 3 is 2.89 bits per heavy atom. The number of carbonyl (C=O) groups excluding carboxylic acids is 1. The fourth-order valence-electron chi connectivity index (χ4n) is 1.72. The summed E-state index contributed by atoms with van der Waals surface area (Å²) < 4.78 is 2.96. The summed E-state index contributed by atoms with van der Waals surface area (Å²) in [6.07, 6.45) is 4.84. The number of hydrogen-bond acceptors (Lipinski definition) is 3. The van der Waals surface area contributed by atoms with Crippen LogP contribution in [0.1, 0.15) is 29.5 Å². The quantitative estimate of drug-likeness (QED) is 0.780. The van der Waals surface area contributed by atoms with Crippen LogP contribution >= 0.6 is 34.5 Å². The number of rotatable bonds is 5. The smallest absolute Gasteiger partial charge is 0.172 e. The molecule has 0 amide bonds. The minimum absolute atomic E-state index is 0.0493. The lowest BCUT2D eigenvalue weighted by Gasteiger charge is -2.05. The summed E-state index contributed by atoms with van der Waals surface area (Å²) in [6.45, 7) is 2.95. The molecule has 0 bridgehead atoms. The maximum absolute atomic E-state index is 12.1. The van der Waals surface area contributed by atoms with E-state index < -0.39 is 0 Å². The second kappa shape index (κ2) is 5.87. The molecule has 0 spiro atoms. The molecule has 0 radical (unpaired) electrons. The van der Waals surface area contributed by atoms with E-state index in [4.69, 9.17) is 23.2 Å². The largest absolute Gasteiger partial charge is 0.335 e. The molecule has 0 saturated carbocycles. The number of aromatic nitrogens is 2. The number of hydrogen-bond donors (Lipinski definition) is 0. The normalized spacial score (nSPS) is 10.8. The molecule has 0 aliphatic carbocycles. The fraction of sp³-hybridized carbons (Fsp3) is 0.333. The maximum atomic E-state index is 12.1. The third kappa shape index (κ3) is 2.94. The predicted octanol–water partition coefficient (Wildman–Crippen LogP) is 4.09. The van der Waals surface area contributed by atoms with Crippen LogP contribution in [-0.2, 0) is 13.0 Å². The number of imidazole rings is 1. The minimum Gasteiger partial charge on any atom is -0.335 e. The number of Topliss-reactive ketones (excluding diaryl/α,β-unsaturated/α-hetero) is 1. The van der Waals surface area contributed by atoms with E-state index in [1.165, 1.54) is 11.3 Å². The first-order valence-electron chi connectivity index (χ1n) is 5.60. The van der Waals surface area contributed by atoms with Gasteiger partial charge in [0.2, 0.25) is 0 Å². The van der Waals surface area contributed by atoms with Crippen LogP contribution in [-0.4, -0.2) is 15.3 Å². The molecule has 96 valence electrons. The van der Waals surface area contributed by atoms with Crippen molar-refractivity contribution in [2.75, 3.05) is 0 Å². The molecule has 0 aromatic carbocycles. The molecule has 2 heterocycles. The maximum Gasteiger partial charge on any atom is 0.172 e. The molecule has 0 fully saturated rings. The molecule has 2 aromatic rings. The molecule has 0 N–H and O–H groups in total.